The van der Waals surface area contributed by atoms with Gasteiger partial charge in [-0.25, -0.2) is 4.98 Å². The molecule has 0 saturated carbocycles. The maximum absolute atomic E-state index is 11.0. The molecule has 2 aromatic carbocycles. The zero-order chi connectivity index (χ0) is 20.4. The van der Waals surface area contributed by atoms with E-state index < -0.39 is 0 Å². The van der Waals surface area contributed by atoms with E-state index in [2.05, 4.69) is 21.4 Å². The minimum Gasteiger partial charge on any atom is -0.505 e. The molecule has 2 heterocycles. The number of fused-ring (bicyclic) bond motifs is 1. The van der Waals surface area contributed by atoms with Crippen molar-refractivity contribution in [3.63, 3.8) is 0 Å². The maximum Gasteiger partial charge on any atom is 0.273 e. The Bertz CT molecular complexity index is 1170. The molecule has 2 aromatic heterocycles. The molecule has 0 aliphatic rings. The fraction of sp³-hybridized carbons (Fsp3) is 0.167. The predicted molar refractivity (Wildman–Crippen MR) is 114 cm³/mol. The summed E-state index contributed by atoms with van der Waals surface area (Å²) in [5, 5.41) is 15.5. The molecule has 0 bridgehead atoms. The number of nitrogens with one attached hydrogen (secondary N) is 2. The Kier molecular flexibility index (Phi) is 5.04. The lowest BCUT2D eigenvalue weighted by Crippen LogP contribution is -2.19. The fourth-order valence-electron chi connectivity index (χ4n) is 3.62. The van der Waals surface area contributed by atoms with E-state index >= 15 is 0 Å². The number of hydrogen-bond donors (Lipinski definition) is 2. The van der Waals surface area contributed by atoms with Gasteiger partial charge in [0, 0.05) is 28.8 Å². The van der Waals surface area contributed by atoms with Gasteiger partial charge in [0.2, 0.25) is 0 Å². The third kappa shape index (κ3) is 3.72. The van der Waals surface area contributed by atoms with E-state index in [1.807, 2.05) is 68.6 Å². The molecule has 0 fully saturated rings. The Balaban J connectivity index is 1.86. The molecule has 0 radical (unpaired) electrons. The number of anilines is 1. The molecule has 1 atom stereocenters. The van der Waals surface area contributed by atoms with Crippen molar-refractivity contribution in [2.24, 2.45) is 0 Å². The Hall–Kier alpha value is -3.60. The molecule has 5 heteroatoms. The number of pyridine rings is 2. The number of benzene rings is 2. The molecule has 0 spiro atoms. The smallest absolute Gasteiger partial charge is 0.273 e. The molecule has 0 unspecified atom stereocenters. The highest BCUT2D eigenvalue weighted by Gasteiger charge is 2.25. The van der Waals surface area contributed by atoms with Crippen molar-refractivity contribution in [2.75, 3.05) is 12.4 Å². The summed E-state index contributed by atoms with van der Waals surface area (Å²) < 4.78 is 5.41. The standard InChI is InChI=1S/C24H23N3O2/c1-15-10-12-25-21(13-15)27-22(18-7-9-20(29-3)16(2)14-18)19-8-6-17-5-4-11-26-23(17)24(19)28/h4-14,22,28H,1-3H3,(H,25,27)/p+1/t22-/m0/s1. The monoisotopic (exact) mass is 386 g/mol. The lowest BCUT2D eigenvalue weighted by atomic mass is 9.95. The molecule has 0 aliphatic carbocycles. The number of phenolic OH excluding ortho intramolecular Hbond substituents is 1. The summed E-state index contributed by atoms with van der Waals surface area (Å²) in [5.74, 6) is 1.88. The molecule has 3 N–H and O–H groups in total. The Labute approximate surface area is 170 Å². The van der Waals surface area contributed by atoms with E-state index in [4.69, 9.17) is 4.74 Å². The topological polar surface area (TPSA) is 68.5 Å². The summed E-state index contributed by atoms with van der Waals surface area (Å²) in [5.41, 5.74) is 4.54. The molecule has 5 nitrogen and oxygen atoms in total. The van der Waals surface area contributed by atoms with Gasteiger partial charge >= 0.3 is 0 Å². The summed E-state index contributed by atoms with van der Waals surface area (Å²) in [4.78, 5) is 7.62. The minimum atomic E-state index is -0.274. The molecular formula is C24H24N3O2+. The first-order valence-corrected chi connectivity index (χ1v) is 9.53. The van der Waals surface area contributed by atoms with Crippen molar-refractivity contribution in [1.82, 2.24) is 4.98 Å². The Morgan fingerprint density at radius 2 is 1.93 bits per heavy atom. The average molecular weight is 386 g/mol. The molecule has 0 saturated heterocycles. The largest absolute Gasteiger partial charge is 0.505 e. The van der Waals surface area contributed by atoms with Crippen LogP contribution < -0.4 is 15.0 Å². The second-order valence-corrected chi connectivity index (χ2v) is 7.16. The van der Waals surface area contributed by atoms with Crippen molar-refractivity contribution in [1.29, 1.82) is 0 Å². The number of aromatic hydroxyl groups is 1. The number of aromatic nitrogens is 2. The quantitative estimate of drug-likeness (QED) is 0.527. The number of aryl methyl sites for hydroxylation is 2. The Morgan fingerprint density at radius 3 is 2.69 bits per heavy atom. The van der Waals surface area contributed by atoms with Gasteiger partial charge in [-0.2, -0.15) is 0 Å². The second-order valence-electron chi connectivity index (χ2n) is 7.16. The molecule has 29 heavy (non-hydrogen) atoms. The van der Waals surface area contributed by atoms with Gasteiger partial charge in [0.1, 0.15) is 23.1 Å². The van der Waals surface area contributed by atoms with Crippen molar-refractivity contribution >= 4 is 16.7 Å². The van der Waals surface area contributed by atoms with Crippen LogP contribution >= 0.6 is 0 Å². The normalized spacial score (nSPS) is 12.0. The van der Waals surface area contributed by atoms with Crippen LogP contribution in [0.5, 0.6) is 11.5 Å². The number of phenols is 1. The van der Waals surface area contributed by atoms with Gasteiger partial charge < -0.3 is 9.84 Å². The average Bonchev–Trinajstić information content (AvgIpc) is 2.73. The zero-order valence-electron chi connectivity index (χ0n) is 16.7. The molecular weight excluding hydrogens is 362 g/mol. The lowest BCUT2D eigenvalue weighted by Gasteiger charge is -2.19. The maximum atomic E-state index is 11.0. The molecule has 0 aliphatic heterocycles. The third-order valence-electron chi connectivity index (χ3n) is 5.10. The van der Waals surface area contributed by atoms with Crippen molar-refractivity contribution < 1.29 is 14.8 Å². The van der Waals surface area contributed by atoms with Gasteiger partial charge in [-0.15, -0.1) is 0 Å². The van der Waals surface area contributed by atoms with Crippen LogP contribution in [0.25, 0.3) is 10.9 Å². The van der Waals surface area contributed by atoms with Crippen LogP contribution in [0.15, 0.2) is 67.0 Å². The van der Waals surface area contributed by atoms with Crippen molar-refractivity contribution in [3.05, 3.63) is 89.2 Å². The van der Waals surface area contributed by atoms with Crippen LogP contribution in [0.4, 0.5) is 5.82 Å². The van der Waals surface area contributed by atoms with Crippen LogP contribution in [0.3, 0.4) is 0 Å². The van der Waals surface area contributed by atoms with Gasteiger partial charge in [-0.1, -0.05) is 18.2 Å². The van der Waals surface area contributed by atoms with Crippen LogP contribution in [0, 0.1) is 13.8 Å². The van der Waals surface area contributed by atoms with E-state index in [9.17, 15) is 5.11 Å². The third-order valence-corrected chi connectivity index (χ3v) is 5.10. The van der Waals surface area contributed by atoms with Crippen LogP contribution in [-0.2, 0) is 0 Å². The molecule has 0 amide bonds. The predicted octanol–water partition coefficient (Wildman–Crippen LogP) is 4.58. The SMILES string of the molecule is COc1ccc([C@H](Nc2cc(C)cc[nH+]2)c2ccc3cccnc3c2O)cc1C. The first kappa shape index (κ1) is 18.7. The summed E-state index contributed by atoms with van der Waals surface area (Å²) in [6, 6.07) is 17.6. The summed E-state index contributed by atoms with van der Waals surface area (Å²) in [6.45, 7) is 4.06. The fourth-order valence-corrected chi connectivity index (χ4v) is 3.62. The number of nitrogens with zero attached hydrogens (tertiary/aromatic N) is 1. The van der Waals surface area contributed by atoms with Gasteiger partial charge in [0.05, 0.1) is 13.3 Å². The first-order valence-electron chi connectivity index (χ1n) is 9.53. The summed E-state index contributed by atoms with van der Waals surface area (Å²) in [6.07, 6.45) is 3.59. The van der Waals surface area contributed by atoms with E-state index in [1.54, 1.807) is 13.3 Å². The molecule has 4 aromatic rings. The van der Waals surface area contributed by atoms with Crippen molar-refractivity contribution in [3.8, 4) is 11.5 Å². The lowest BCUT2D eigenvalue weighted by molar-refractivity contribution is -0.361. The minimum absolute atomic E-state index is 0.182. The number of aromatic amines is 1. The zero-order valence-corrected chi connectivity index (χ0v) is 16.7. The van der Waals surface area contributed by atoms with Crippen LogP contribution in [-0.4, -0.2) is 17.2 Å². The van der Waals surface area contributed by atoms with E-state index in [1.165, 1.54) is 0 Å². The summed E-state index contributed by atoms with van der Waals surface area (Å²) in [7, 11) is 1.67. The van der Waals surface area contributed by atoms with Gasteiger partial charge in [0.15, 0.2) is 0 Å². The first-order chi connectivity index (χ1) is 14.1. The number of methoxy groups -OCH3 is 1. The number of ether oxygens (including phenoxy) is 1. The highest BCUT2D eigenvalue weighted by Crippen LogP contribution is 2.37. The van der Waals surface area contributed by atoms with Gasteiger partial charge in [0.25, 0.3) is 5.82 Å². The van der Waals surface area contributed by atoms with E-state index in [0.717, 1.165) is 39.2 Å². The molecule has 146 valence electrons. The molecule has 4 rings (SSSR count). The van der Waals surface area contributed by atoms with Crippen LogP contribution in [0.2, 0.25) is 0 Å². The number of rotatable bonds is 5. The second kappa shape index (κ2) is 7.80. The number of hydrogen-bond acceptors (Lipinski definition) is 4. The van der Waals surface area contributed by atoms with Gasteiger partial charge in [-0.3, -0.25) is 10.3 Å². The van der Waals surface area contributed by atoms with Crippen LogP contribution in [0.1, 0.15) is 28.3 Å². The van der Waals surface area contributed by atoms with Gasteiger partial charge in [-0.05, 0) is 55.3 Å². The highest BCUT2D eigenvalue weighted by atomic mass is 16.5. The Morgan fingerprint density at radius 1 is 1.07 bits per heavy atom. The van der Waals surface area contributed by atoms with E-state index in [-0.39, 0.29) is 11.8 Å². The van der Waals surface area contributed by atoms with Crippen molar-refractivity contribution in [2.45, 2.75) is 19.9 Å². The number of H-pyrrole nitrogens is 1. The summed E-state index contributed by atoms with van der Waals surface area (Å²) >= 11 is 0. The highest BCUT2D eigenvalue weighted by molar-refractivity contribution is 5.86. The van der Waals surface area contributed by atoms with E-state index in [0.29, 0.717) is 5.52 Å².